The number of benzene rings is 2. The lowest BCUT2D eigenvalue weighted by Crippen LogP contribution is -1.86. The van der Waals surface area contributed by atoms with E-state index in [0.717, 1.165) is 10.9 Å². The van der Waals surface area contributed by atoms with Gasteiger partial charge in [-0.2, -0.15) is 0 Å². The van der Waals surface area contributed by atoms with E-state index >= 15 is 0 Å². The third-order valence-electron chi connectivity index (χ3n) is 3.18. The predicted octanol–water partition coefficient (Wildman–Crippen LogP) is 3.92. The standard InChI is InChI=1S/C16H13NO/c1-11-5-2-3-6-12(11)13-8-9-15(18)16-14(13)7-4-10-17-16/h2-10,18H,1H3. The Hall–Kier alpha value is -2.35. The van der Waals surface area contributed by atoms with Gasteiger partial charge in [-0.05, 0) is 41.8 Å². The lowest BCUT2D eigenvalue weighted by Gasteiger charge is -2.10. The second-order valence-corrected chi connectivity index (χ2v) is 4.35. The molecule has 1 heterocycles. The molecule has 1 aromatic heterocycles. The Balaban J connectivity index is 2.38. The molecule has 0 aliphatic heterocycles. The summed E-state index contributed by atoms with van der Waals surface area (Å²) >= 11 is 0. The number of aromatic hydroxyl groups is 1. The first-order valence-corrected chi connectivity index (χ1v) is 5.90. The number of fused-ring (bicyclic) bond motifs is 1. The van der Waals surface area contributed by atoms with Crippen LogP contribution in [-0.2, 0) is 0 Å². The van der Waals surface area contributed by atoms with Gasteiger partial charge in [0.25, 0.3) is 0 Å². The number of rotatable bonds is 1. The van der Waals surface area contributed by atoms with E-state index in [0.29, 0.717) is 5.52 Å². The lowest BCUT2D eigenvalue weighted by atomic mass is 9.96. The number of aromatic nitrogens is 1. The van der Waals surface area contributed by atoms with E-state index in [1.165, 1.54) is 11.1 Å². The number of nitrogens with zero attached hydrogens (tertiary/aromatic N) is 1. The summed E-state index contributed by atoms with van der Waals surface area (Å²) in [7, 11) is 0. The molecular formula is C16H13NO. The Morgan fingerprint density at radius 1 is 0.889 bits per heavy atom. The molecule has 0 spiro atoms. The average molecular weight is 235 g/mol. The zero-order chi connectivity index (χ0) is 12.5. The van der Waals surface area contributed by atoms with Crippen molar-refractivity contribution in [2.45, 2.75) is 6.92 Å². The Labute approximate surface area is 106 Å². The SMILES string of the molecule is Cc1ccccc1-c1ccc(O)c2ncccc12. The zero-order valence-corrected chi connectivity index (χ0v) is 10.1. The van der Waals surface area contributed by atoms with E-state index in [4.69, 9.17) is 0 Å². The maximum atomic E-state index is 9.85. The Morgan fingerprint density at radius 2 is 1.72 bits per heavy atom. The van der Waals surface area contributed by atoms with Gasteiger partial charge in [0.05, 0.1) is 0 Å². The van der Waals surface area contributed by atoms with Crippen molar-refractivity contribution in [3.63, 3.8) is 0 Å². The number of hydrogen-bond acceptors (Lipinski definition) is 2. The molecule has 0 bridgehead atoms. The molecule has 0 atom stereocenters. The van der Waals surface area contributed by atoms with Crippen molar-refractivity contribution in [3.05, 3.63) is 60.3 Å². The van der Waals surface area contributed by atoms with E-state index in [-0.39, 0.29) is 5.75 Å². The summed E-state index contributed by atoms with van der Waals surface area (Å²) in [5, 5.41) is 10.8. The van der Waals surface area contributed by atoms with Crippen LogP contribution in [0.15, 0.2) is 54.7 Å². The maximum absolute atomic E-state index is 9.85. The summed E-state index contributed by atoms with van der Waals surface area (Å²) in [6.45, 7) is 2.09. The Kier molecular flexibility index (Phi) is 2.49. The quantitative estimate of drug-likeness (QED) is 0.693. The Morgan fingerprint density at radius 3 is 2.56 bits per heavy atom. The largest absolute Gasteiger partial charge is 0.506 e. The topological polar surface area (TPSA) is 33.1 Å². The molecule has 2 heteroatoms. The van der Waals surface area contributed by atoms with Gasteiger partial charge < -0.3 is 5.11 Å². The van der Waals surface area contributed by atoms with Crippen molar-refractivity contribution in [1.82, 2.24) is 4.98 Å². The molecule has 3 aromatic rings. The third-order valence-corrected chi connectivity index (χ3v) is 3.18. The lowest BCUT2D eigenvalue weighted by molar-refractivity contribution is 0.480. The van der Waals surface area contributed by atoms with Gasteiger partial charge in [0.1, 0.15) is 11.3 Å². The van der Waals surface area contributed by atoms with Crippen LogP contribution in [-0.4, -0.2) is 10.1 Å². The van der Waals surface area contributed by atoms with Gasteiger partial charge in [-0.1, -0.05) is 30.3 Å². The molecular weight excluding hydrogens is 222 g/mol. The molecule has 0 saturated heterocycles. The van der Waals surface area contributed by atoms with Crippen molar-refractivity contribution in [2.75, 3.05) is 0 Å². The van der Waals surface area contributed by atoms with Crippen LogP contribution >= 0.6 is 0 Å². The van der Waals surface area contributed by atoms with Crippen LogP contribution in [0.1, 0.15) is 5.56 Å². The molecule has 0 amide bonds. The fourth-order valence-electron chi connectivity index (χ4n) is 2.27. The van der Waals surface area contributed by atoms with Crippen LogP contribution in [0.3, 0.4) is 0 Å². The third kappa shape index (κ3) is 1.63. The fraction of sp³-hybridized carbons (Fsp3) is 0.0625. The van der Waals surface area contributed by atoms with Crippen LogP contribution in [0.2, 0.25) is 0 Å². The number of hydrogen-bond donors (Lipinski definition) is 1. The summed E-state index contributed by atoms with van der Waals surface area (Å²) in [6.07, 6.45) is 1.70. The molecule has 0 radical (unpaired) electrons. The van der Waals surface area contributed by atoms with Gasteiger partial charge >= 0.3 is 0 Å². The highest BCUT2D eigenvalue weighted by atomic mass is 16.3. The monoisotopic (exact) mass is 235 g/mol. The first-order chi connectivity index (χ1) is 8.77. The summed E-state index contributed by atoms with van der Waals surface area (Å²) in [5.41, 5.74) is 4.15. The van der Waals surface area contributed by atoms with Crippen LogP contribution in [0.4, 0.5) is 0 Å². The first kappa shape index (κ1) is 10.8. The molecule has 2 nitrogen and oxygen atoms in total. The van der Waals surface area contributed by atoms with Crippen LogP contribution in [0, 0.1) is 6.92 Å². The van der Waals surface area contributed by atoms with Crippen molar-refractivity contribution in [2.24, 2.45) is 0 Å². The van der Waals surface area contributed by atoms with Crippen LogP contribution < -0.4 is 0 Å². The minimum absolute atomic E-state index is 0.225. The van der Waals surface area contributed by atoms with Gasteiger partial charge in [0.15, 0.2) is 0 Å². The van der Waals surface area contributed by atoms with Crippen LogP contribution in [0.25, 0.3) is 22.0 Å². The van der Waals surface area contributed by atoms with Gasteiger partial charge in [-0.3, -0.25) is 4.98 Å². The van der Waals surface area contributed by atoms with Crippen molar-refractivity contribution in [3.8, 4) is 16.9 Å². The molecule has 1 N–H and O–H groups in total. The average Bonchev–Trinajstić information content (AvgIpc) is 2.41. The zero-order valence-electron chi connectivity index (χ0n) is 10.1. The van der Waals surface area contributed by atoms with Gasteiger partial charge in [-0.15, -0.1) is 0 Å². The summed E-state index contributed by atoms with van der Waals surface area (Å²) in [4.78, 5) is 4.25. The fourth-order valence-corrected chi connectivity index (χ4v) is 2.27. The highest BCUT2D eigenvalue weighted by Crippen LogP contribution is 2.33. The van der Waals surface area contributed by atoms with E-state index in [1.807, 2.05) is 30.3 Å². The molecule has 18 heavy (non-hydrogen) atoms. The molecule has 0 fully saturated rings. The maximum Gasteiger partial charge on any atom is 0.141 e. The van der Waals surface area contributed by atoms with E-state index in [9.17, 15) is 5.11 Å². The molecule has 2 aromatic carbocycles. The molecule has 0 saturated carbocycles. The summed E-state index contributed by atoms with van der Waals surface area (Å²) in [5.74, 6) is 0.225. The predicted molar refractivity (Wildman–Crippen MR) is 73.6 cm³/mol. The van der Waals surface area contributed by atoms with Crippen molar-refractivity contribution >= 4 is 10.9 Å². The molecule has 0 unspecified atom stereocenters. The Bertz CT molecular complexity index is 719. The van der Waals surface area contributed by atoms with E-state index in [1.54, 1.807) is 12.3 Å². The van der Waals surface area contributed by atoms with Gasteiger partial charge in [0.2, 0.25) is 0 Å². The number of phenolic OH excluding ortho intramolecular Hbond substituents is 1. The van der Waals surface area contributed by atoms with Gasteiger partial charge in [0, 0.05) is 11.6 Å². The molecule has 0 aliphatic rings. The summed E-state index contributed by atoms with van der Waals surface area (Å²) < 4.78 is 0. The molecule has 88 valence electrons. The van der Waals surface area contributed by atoms with Gasteiger partial charge in [-0.25, -0.2) is 0 Å². The molecule has 0 aliphatic carbocycles. The van der Waals surface area contributed by atoms with Crippen molar-refractivity contribution in [1.29, 1.82) is 0 Å². The normalized spacial score (nSPS) is 10.7. The number of phenols is 1. The minimum atomic E-state index is 0.225. The minimum Gasteiger partial charge on any atom is -0.506 e. The van der Waals surface area contributed by atoms with E-state index in [2.05, 4.69) is 24.0 Å². The first-order valence-electron chi connectivity index (χ1n) is 5.90. The smallest absolute Gasteiger partial charge is 0.141 e. The van der Waals surface area contributed by atoms with Crippen molar-refractivity contribution < 1.29 is 5.11 Å². The van der Waals surface area contributed by atoms with Crippen LogP contribution in [0.5, 0.6) is 5.75 Å². The second kappa shape index (κ2) is 4.15. The van der Waals surface area contributed by atoms with E-state index < -0.39 is 0 Å². The number of pyridine rings is 1. The molecule has 3 rings (SSSR count). The highest BCUT2D eigenvalue weighted by Gasteiger charge is 2.09. The summed E-state index contributed by atoms with van der Waals surface area (Å²) in [6, 6.07) is 15.8. The highest BCUT2D eigenvalue weighted by molar-refractivity contribution is 5.98. The second-order valence-electron chi connectivity index (χ2n) is 4.35. The number of aryl methyl sites for hydroxylation is 1.